The summed E-state index contributed by atoms with van der Waals surface area (Å²) in [4.78, 5) is 0. The second-order valence-electron chi connectivity index (χ2n) is 4.85. The minimum Gasteiger partial charge on any atom is -0.392 e. The maximum Gasteiger partial charge on any atom is 0.214 e. The highest BCUT2D eigenvalue weighted by Crippen LogP contribution is 2.19. The lowest BCUT2D eigenvalue weighted by molar-refractivity contribution is -0.188. The minimum atomic E-state index is -0.993. The molecule has 3 N–H and O–H groups in total. The molecule has 1 saturated carbocycles. The second kappa shape index (κ2) is 4.57. The average molecular weight is 203 g/mol. The zero-order valence-corrected chi connectivity index (χ0v) is 9.16. The monoisotopic (exact) mass is 203 g/mol. The zero-order valence-electron chi connectivity index (χ0n) is 9.16. The Morgan fingerprint density at radius 3 is 2.43 bits per heavy atom. The van der Waals surface area contributed by atoms with Crippen molar-refractivity contribution < 1.29 is 14.9 Å². The molecule has 0 aromatic rings. The van der Waals surface area contributed by atoms with Crippen LogP contribution in [0.15, 0.2) is 0 Å². The maximum atomic E-state index is 9.52. The largest absolute Gasteiger partial charge is 0.392 e. The van der Waals surface area contributed by atoms with Crippen LogP contribution in [0.4, 0.5) is 0 Å². The van der Waals surface area contributed by atoms with Crippen LogP contribution in [0, 0.1) is 0 Å². The van der Waals surface area contributed by atoms with Gasteiger partial charge < -0.3 is 14.9 Å². The molecule has 0 spiro atoms. The van der Waals surface area contributed by atoms with Crippen molar-refractivity contribution in [1.29, 1.82) is 0 Å². The van der Waals surface area contributed by atoms with E-state index in [1.165, 1.54) is 0 Å². The van der Waals surface area contributed by atoms with Gasteiger partial charge in [0.2, 0.25) is 6.41 Å². The lowest BCUT2D eigenvalue weighted by Gasteiger charge is -2.27. The molecule has 3 atom stereocenters. The third kappa shape index (κ3) is 3.92. The van der Waals surface area contributed by atoms with Gasteiger partial charge in [-0.3, -0.25) is 5.32 Å². The third-order valence-electron chi connectivity index (χ3n) is 2.30. The molecule has 1 fully saturated rings. The summed E-state index contributed by atoms with van der Waals surface area (Å²) in [5.41, 5.74) is -0.379. The fourth-order valence-corrected chi connectivity index (χ4v) is 1.69. The summed E-state index contributed by atoms with van der Waals surface area (Å²) < 4.78 is 5.28. The zero-order chi connectivity index (χ0) is 10.8. The van der Waals surface area contributed by atoms with Crippen molar-refractivity contribution in [3.8, 4) is 0 Å². The average Bonchev–Trinajstić information content (AvgIpc) is 2.32. The van der Waals surface area contributed by atoms with Gasteiger partial charge >= 0.3 is 0 Å². The van der Waals surface area contributed by atoms with Gasteiger partial charge in [-0.2, -0.15) is 0 Å². The number of hydrogen-bond donors (Lipinski definition) is 3. The molecule has 0 amide bonds. The van der Waals surface area contributed by atoms with Crippen LogP contribution in [0.25, 0.3) is 0 Å². The lowest BCUT2D eigenvalue weighted by Crippen LogP contribution is -2.46. The minimum absolute atomic E-state index is 0.0349. The maximum absolute atomic E-state index is 9.52. The van der Waals surface area contributed by atoms with Crippen molar-refractivity contribution in [3.63, 3.8) is 0 Å². The first-order valence-electron chi connectivity index (χ1n) is 5.18. The molecule has 14 heavy (non-hydrogen) atoms. The first kappa shape index (κ1) is 11.9. The summed E-state index contributed by atoms with van der Waals surface area (Å²) in [6.45, 7) is 5.63. The number of hydrogen-bond acceptors (Lipinski definition) is 4. The Morgan fingerprint density at radius 2 is 2.00 bits per heavy atom. The number of rotatable bonds is 3. The van der Waals surface area contributed by atoms with Crippen LogP contribution >= 0.6 is 0 Å². The van der Waals surface area contributed by atoms with E-state index in [1.807, 2.05) is 20.8 Å². The Balaban J connectivity index is 2.29. The smallest absolute Gasteiger partial charge is 0.214 e. The summed E-state index contributed by atoms with van der Waals surface area (Å²) >= 11 is 0. The molecule has 0 heterocycles. The lowest BCUT2D eigenvalue weighted by atomic mass is 10.2. The van der Waals surface area contributed by atoms with Gasteiger partial charge in [0.05, 0.1) is 11.7 Å². The quantitative estimate of drug-likeness (QED) is 0.587. The van der Waals surface area contributed by atoms with Crippen LogP contribution in [-0.4, -0.2) is 34.4 Å². The van der Waals surface area contributed by atoms with Crippen LogP contribution in [0.3, 0.4) is 0 Å². The fraction of sp³-hybridized carbons (Fsp3) is 1.00. The van der Waals surface area contributed by atoms with E-state index in [1.54, 1.807) is 0 Å². The van der Waals surface area contributed by atoms with Crippen molar-refractivity contribution in [1.82, 2.24) is 5.32 Å². The van der Waals surface area contributed by atoms with Gasteiger partial charge in [0.25, 0.3) is 0 Å². The highest BCUT2D eigenvalue weighted by molar-refractivity contribution is 4.82. The second-order valence-corrected chi connectivity index (χ2v) is 4.85. The van der Waals surface area contributed by atoms with Crippen LogP contribution in [0.5, 0.6) is 0 Å². The molecule has 1 aliphatic rings. The molecule has 4 heteroatoms. The molecule has 3 unspecified atom stereocenters. The number of ether oxygens (including phenoxy) is 1. The van der Waals surface area contributed by atoms with E-state index in [-0.39, 0.29) is 17.7 Å². The van der Waals surface area contributed by atoms with Crippen LogP contribution < -0.4 is 5.32 Å². The van der Waals surface area contributed by atoms with Gasteiger partial charge in [0.1, 0.15) is 0 Å². The van der Waals surface area contributed by atoms with E-state index in [9.17, 15) is 10.2 Å². The number of nitrogens with one attached hydrogen (secondary N) is 1. The normalized spacial score (nSPS) is 30.6. The van der Waals surface area contributed by atoms with E-state index >= 15 is 0 Å². The summed E-state index contributed by atoms with van der Waals surface area (Å²) in [6.07, 6.45) is 1.35. The molecule has 0 aliphatic heterocycles. The highest BCUT2D eigenvalue weighted by atomic mass is 16.6. The van der Waals surface area contributed by atoms with E-state index in [2.05, 4.69) is 5.32 Å². The molecule has 4 nitrogen and oxygen atoms in total. The van der Waals surface area contributed by atoms with Crippen LogP contribution in [0.1, 0.15) is 40.0 Å². The Morgan fingerprint density at radius 1 is 1.36 bits per heavy atom. The molecule has 0 aromatic carbocycles. The van der Waals surface area contributed by atoms with Gasteiger partial charge in [-0.25, -0.2) is 0 Å². The van der Waals surface area contributed by atoms with Gasteiger partial charge in [-0.15, -0.1) is 0 Å². The molecular formula is C10H21NO3. The summed E-state index contributed by atoms with van der Waals surface area (Å²) in [5.74, 6) is 0. The van der Waals surface area contributed by atoms with Crippen molar-refractivity contribution >= 4 is 0 Å². The first-order chi connectivity index (χ1) is 6.38. The van der Waals surface area contributed by atoms with Crippen molar-refractivity contribution in [3.05, 3.63) is 0 Å². The van der Waals surface area contributed by atoms with Crippen molar-refractivity contribution in [2.24, 2.45) is 0 Å². The molecule has 0 radical (unpaired) electrons. The number of aliphatic hydroxyl groups is 2. The van der Waals surface area contributed by atoms with Gasteiger partial charge in [0.15, 0.2) is 0 Å². The van der Waals surface area contributed by atoms with E-state index < -0.39 is 6.41 Å². The molecule has 84 valence electrons. The molecule has 1 aliphatic carbocycles. The van der Waals surface area contributed by atoms with E-state index in [0.29, 0.717) is 0 Å². The predicted molar refractivity (Wildman–Crippen MR) is 53.6 cm³/mol. The van der Waals surface area contributed by atoms with Gasteiger partial charge in [-0.05, 0) is 40.0 Å². The molecule has 0 aromatic heterocycles. The van der Waals surface area contributed by atoms with Crippen LogP contribution in [0.2, 0.25) is 0 Å². The molecule has 0 bridgehead atoms. The predicted octanol–water partition coefficient (Wildman–Crippen LogP) is 0.580. The summed E-state index contributed by atoms with van der Waals surface area (Å²) in [6, 6.07) is -0.0349. The highest BCUT2D eigenvalue weighted by Gasteiger charge is 2.28. The molecule has 0 saturated heterocycles. The third-order valence-corrected chi connectivity index (χ3v) is 2.30. The SMILES string of the molecule is CC(C)(C)OC(O)NC1CCCC1O. The van der Waals surface area contributed by atoms with E-state index in [4.69, 9.17) is 4.74 Å². The Hall–Kier alpha value is -0.160. The molecule has 1 rings (SSSR count). The Labute approximate surface area is 85.3 Å². The molecular weight excluding hydrogens is 182 g/mol. The topological polar surface area (TPSA) is 61.7 Å². The van der Waals surface area contributed by atoms with Crippen molar-refractivity contribution in [2.75, 3.05) is 0 Å². The number of aliphatic hydroxyl groups excluding tert-OH is 2. The summed E-state index contributed by atoms with van der Waals surface area (Å²) in [5, 5.41) is 21.9. The van der Waals surface area contributed by atoms with E-state index in [0.717, 1.165) is 19.3 Å². The van der Waals surface area contributed by atoms with Crippen LogP contribution in [-0.2, 0) is 4.74 Å². The van der Waals surface area contributed by atoms with Gasteiger partial charge in [-0.1, -0.05) is 0 Å². The first-order valence-corrected chi connectivity index (χ1v) is 5.18. The fourth-order valence-electron chi connectivity index (χ4n) is 1.69. The summed E-state index contributed by atoms with van der Waals surface area (Å²) in [7, 11) is 0. The van der Waals surface area contributed by atoms with Gasteiger partial charge in [0, 0.05) is 6.04 Å². The van der Waals surface area contributed by atoms with Crippen molar-refractivity contribution in [2.45, 2.75) is 64.2 Å². The Bertz CT molecular complexity index is 179. The Kier molecular flexibility index (Phi) is 3.89. The standard InChI is InChI=1S/C10H21NO3/c1-10(2,3)14-9(13)11-7-5-4-6-8(7)12/h7-9,11-13H,4-6H2,1-3H3.